The van der Waals surface area contributed by atoms with Crippen molar-refractivity contribution < 1.29 is 0 Å². The van der Waals surface area contributed by atoms with Crippen molar-refractivity contribution in [2.24, 2.45) is 11.3 Å². The fraction of sp³-hybridized carbons (Fsp3) is 0.611. The van der Waals surface area contributed by atoms with E-state index in [0.717, 1.165) is 30.2 Å². The Morgan fingerprint density at radius 1 is 1.23 bits per heavy atom. The summed E-state index contributed by atoms with van der Waals surface area (Å²) in [6, 6.07) is 10.4. The Balaban J connectivity index is 1.96. The molecule has 1 N–H and O–H groups in total. The lowest BCUT2D eigenvalue weighted by Gasteiger charge is -2.49. The molecule has 0 radical (unpaired) electrons. The second-order valence-electron chi connectivity index (χ2n) is 7.70. The topological polar surface area (TPSA) is 18.5 Å². The van der Waals surface area contributed by atoms with Crippen molar-refractivity contribution in [1.82, 2.24) is 10.3 Å². The molecule has 0 aromatic heterocycles. The van der Waals surface area contributed by atoms with Crippen LogP contribution in [0.3, 0.4) is 0 Å². The molecule has 2 fully saturated rings. The molecule has 1 aliphatic carbocycles. The van der Waals surface area contributed by atoms with Gasteiger partial charge in [0.2, 0.25) is 0 Å². The first kappa shape index (κ1) is 15.8. The number of rotatable bonds is 2. The Bertz CT molecular complexity index is 557. The van der Waals surface area contributed by atoms with Crippen LogP contribution in [0, 0.1) is 11.3 Å². The van der Waals surface area contributed by atoms with E-state index in [-0.39, 0.29) is 5.66 Å². The lowest BCUT2D eigenvalue weighted by atomic mass is 9.67. The highest BCUT2D eigenvalue weighted by molar-refractivity contribution is 7.80. The average molecular weight is 318 g/mol. The van der Waals surface area contributed by atoms with Gasteiger partial charge in [0.05, 0.1) is 5.69 Å². The predicted octanol–water partition coefficient (Wildman–Crippen LogP) is 4.16. The van der Waals surface area contributed by atoms with E-state index < -0.39 is 0 Å². The highest BCUT2D eigenvalue weighted by Crippen LogP contribution is 2.47. The zero-order valence-corrected chi connectivity index (χ0v) is 14.9. The fourth-order valence-electron chi connectivity index (χ4n) is 4.63. The minimum absolute atomic E-state index is 0.0388. The monoisotopic (exact) mass is 317 g/mol. The number of hydrogen-bond acceptors (Lipinski definition) is 2. The molecule has 1 aromatic rings. The number of para-hydroxylation sites is 1. The van der Waals surface area contributed by atoms with Crippen LogP contribution < -0.4 is 10.4 Å². The van der Waals surface area contributed by atoms with Crippen LogP contribution in [0.1, 0.15) is 47.0 Å². The Kier molecular flexibility index (Phi) is 3.94. The minimum Gasteiger partial charge on any atom is -0.328 e. The third-order valence-corrected chi connectivity index (χ3v) is 5.35. The van der Waals surface area contributed by atoms with Gasteiger partial charge in [-0.15, -0.1) is 0 Å². The molecule has 2 aliphatic rings. The molecule has 3 rings (SSSR count). The van der Waals surface area contributed by atoms with Crippen LogP contribution in [0.4, 0.5) is 5.69 Å². The van der Waals surface area contributed by atoms with Crippen molar-refractivity contribution in [3.05, 3.63) is 30.3 Å². The summed E-state index contributed by atoms with van der Waals surface area (Å²) < 4.78 is 0. The summed E-state index contributed by atoms with van der Waals surface area (Å²) >= 11 is 5.80. The predicted molar refractivity (Wildman–Crippen MR) is 96.6 cm³/mol. The third-order valence-electron chi connectivity index (χ3n) is 4.95. The second kappa shape index (κ2) is 5.50. The van der Waals surface area contributed by atoms with Crippen LogP contribution in [-0.4, -0.2) is 22.2 Å². The summed E-state index contributed by atoms with van der Waals surface area (Å²) in [4.78, 5) is 2.40. The largest absolute Gasteiger partial charge is 0.328 e. The molecule has 0 unspecified atom stereocenters. The molecular weight excluding hydrogens is 290 g/mol. The van der Waals surface area contributed by atoms with Crippen LogP contribution in [-0.2, 0) is 0 Å². The highest BCUT2D eigenvalue weighted by atomic mass is 32.1. The van der Waals surface area contributed by atoms with E-state index in [1.165, 1.54) is 6.42 Å². The van der Waals surface area contributed by atoms with Crippen molar-refractivity contribution >= 4 is 23.0 Å². The number of hydrogen-bond donors (Lipinski definition) is 1. The molecule has 120 valence electrons. The maximum absolute atomic E-state index is 5.80. The molecule has 4 heteroatoms. The van der Waals surface area contributed by atoms with Crippen molar-refractivity contribution in [1.29, 1.82) is 0 Å². The molecule has 0 amide bonds. The molecular formula is C18H27N3S. The number of nitrogens with one attached hydrogen (secondary N) is 1. The minimum atomic E-state index is -0.0388. The lowest BCUT2D eigenvalue weighted by Crippen LogP contribution is -2.58. The van der Waals surface area contributed by atoms with Crippen LogP contribution in [0.2, 0.25) is 0 Å². The molecule has 0 bridgehead atoms. The zero-order chi connectivity index (χ0) is 16.0. The Morgan fingerprint density at radius 3 is 2.50 bits per heavy atom. The summed E-state index contributed by atoms with van der Waals surface area (Å²) in [7, 11) is 0. The van der Waals surface area contributed by atoms with Gasteiger partial charge in [0.25, 0.3) is 0 Å². The number of nitrogens with zero attached hydrogens (tertiary/aromatic N) is 2. The van der Waals surface area contributed by atoms with Gasteiger partial charge in [-0.3, -0.25) is 0 Å². The molecule has 1 saturated carbocycles. The number of thiocarbonyl (C=S) groups is 1. The number of hydrazine groups is 1. The Morgan fingerprint density at radius 2 is 1.91 bits per heavy atom. The molecule has 1 aliphatic heterocycles. The molecule has 22 heavy (non-hydrogen) atoms. The van der Waals surface area contributed by atoms with Gasteiger partial charge in [0.1, 0.15) is 5.66 Å². The maximum atomic E-state index is 5.80. The van der Waals surface area contributed by atoms with E-state index >= 15 is 0 Å². The highest BCUT2D eigenvalue weighted by Gasteiger charge is 2.52. The van der Waals surface area contributed by atoms with Crippen molar-refractivity contribution in [2.75, 3.05) is 11.6 Å². The Hall–Kier alpha value is -1.13. The standard InChI is InChI=1S/C18H27N3S/c1-5-20-16(22)21(15-9-7-6-8-10-15)19-18(20)12-14(2)11-17(3,4)13-18/h6-10,14,19H,5,11-13H2,1-4H3/t14-,18+/m1/s1. The van der Waals surface area contributed by atoms with E-state index in [2.05, 4.69) is 67.3 Å². The van der Waals surface area contributed by atoms with Gasteiger partial charge in [-0.2, -0.15) is 0 Å². The maximum Gasteiger partial charge on any atom is 0.192 e. The first-order chi connectivity index (χ1) is 10.4. The summed E-state index contributed by atoms with van der Waals surface area (Å²) in [6.07, 6.45) is 3.56. The fourth-order valence-corrected chi connectivity index (χ4v) is 5.08. The smallest absolute Gasteiger partial charge is 0.192 e. The van der Waals surface area contributed by atoms with Gasteiger partial charge in [-0.1, -0.05) is 39.0 Å². The Labute approximate surface area is 139 Å². The van der Waals surface area contributed by atoms with Crippen LogP contribution in [0.5, 0.6) is 0 Å². The van der Waals surface area contributed by atoms with Gasteiger partial charge in [0.15, 0.2) is 5.11 Å². The van der Waals surface area contributed by atoms with Crippen molar-refractivity contribution in [3.8, 4) is 0 Å². The molecule has 3 nitrogen and oxygen atoms in total. The molecule has 2 atom stereocenters. The van der Waals surface area contributed by atoms with Crippen LogP contribution in [0.15, 0.2) is 30.3 Å². The van der Waals surface area contributed by atoms with Gasteiger partial charge in [-0.25, -0.2) is 10.4 Å². The lowest BCUT2D eigenvalue weighted by molar-refractivity contribution is 0.0183. The summed E-state index contributed by atoms with van der Waals surface area (Å²) in [6.45, 7) is 10.3. The van der Waals surface area contributed by atoms with Crippen LogP contribution in [0.25, 0.3) is 0 Å². The molecule has 1 heterocycles. The van der Waals surface area contributed by atoms with E-state index in [0.29, 0.717) is 11.3 Å². The molecule has 1 spiro atoms. The molecule has 1 aromatic carbocycles. The summed E-state index contributed by atoms with van der Waals surface area (Å²) in [5.41, 5.74) is 5.20. The van der Waals surface area contributed by atoms with E-state index in [1.54, 1.807) is 0 Å². The number of benzene rings is 1. The van der Waals surface area contributed by atoms with Gasteiger partial charge >= 0.3 is 0 Å². The van der Waals surface area contributed by atoms with Crippen LogP contribution >= 0.6 is 12.2 Å². The summed E-state index contributed by atoms with van der Waals surface area (Å²) in [5.74, 6) is 0.698. The van der Waals surface area contributed by atoms with E-state index in [9.17, 15) is 0 Å². The van der Waals surface area contributed by atoms with E-state index in [1.807, 2.05) is 6.07 Å². The quantitative estimate of drug-likeness (QED) is 0.825. The third kappa shape index (κ3) is 2.63. The first-order valence-electron chi connectivity index (χ1n) is 8.31. The van der Waals surface area contributed by atoms with E-state index in [4.69, 9.17) is 12.2 Å². The van der Waals surface area contributed by atoms with Gasteiger partial charge in [0, 0.05) is 6.54 Å². The van der Waals surface area contributed by atoms with Gasteiger partial charge < -0.3 is 4.90 Å². The van der Waals surface area contributed by atoms with Crippen molar-refractivity contribution in [2.45, 2.75) is 52.6 Å². The van der Waals surface area contributed by atoms with Crippen molar-refractivity contribution in [3.63, 3.8) is 0 Å². The van der Waals surface area contributed by atoms with Gasteiger partial charge in [-0.05, 0) is 61.9 Å². The molecule has 1 saturated heterocycles. The first-order valence-corrected chi connectivity index (χ1v) is 8.72. The number of anilines is 1. The zero-order valence-electron chi connectivity index (χ0n) is 14.1. The second-order valence-corrected chi connectivity index (χ2v) is 8.06. The average Bonchev–Trinajstić information content (AvgIpc) is 2.69. The summed E-state index contributed by atoms with van der Waals surface area (Å²) in [5, 5.41) is 3.01. The SMILES string of the molecule is CCN1C(=S)N(c2ccccc2)N[C@@]12C[C@H](C)CC(C)(C)C2. The normalized spacial score (nSPS) is 31.1.